The monoisotopic (exact) mass is 332 g/mol. The van der Waals surface area contributed by atoms with Crippen LogP contribution in [-0.4, -0.2) is 16.1 Å². The number of nitrogens with one attached hydrogen (secondary N) is 1. The standard InChI is InChI=1S/C19H16N4O2/c1-13-22-23-19(25-13)17(15-5-3-2-4-6-15)11-18(24)21-16-9-7-14(12-20)8-10-16/h2-10,17H,11H2,1H3,(H,21,24). The van der Waals surface area contributed by atoms with Gasteiger partial charge >= 0.3 is 0 Å². The molecule has 1 heterocycles. The summed E-state index contributed by atoms with van der Waals surface area (Å²) >= 11 is 0. The smallest absolute Gasteiger partial charge is 0.225 e. The molecule has 0 fully saturated rings. The number of rotatable bonds is 5. The SMILES string of the molecule is Cc1nnc(C(CC(=O)Nc2ccc(C#N)cc2)c2ccccc2)o1. The van der Waals surface area contributed by atoms with Gasteiger partial charge in [-0.15, -0.1) is 10.2 Å². The number of amides is 1. The highest BCUT2D eigenvalue weighted by atomic mass is 16.4. The van der Waals surface area contributed by atoms with Gasteiger partial charge in [0.25, 0.3) is 0 Å². The molecule has 1 atom stereocenters. The van der Waals surface area contributed by atoms with Crippen molar-refractivity contribution < 1.29 is 9.21 Å². The highest BCUT2D eigenvalue weighted by molar-refractivity contribution is 5.91. The largest absolute Gasteiger partial charge is 0.425 e. The normalized spacial score (nSPS) is 11.5. The van der Waals surface area contributed by atoms with Crippen molar-refractivity contribution in [3.63, 3.8) is 0 Å². The molecular weight excluding hydrogens is 316 g/mol. The fourth-order valence-corrected chi connectivity index (χ4v) is 2.51. The fourth-order valence-electron chi connectivity index (χ4n) is 2.51. The number of nitriles is 1. The molecule has 0 saturated carbocycles. The minimum atomic E-state index is -0.319. The Hall–Kier alpha value is -3.46. The zero-order valence-electron chi connectivity index (χ0n) is 13.6. The number of hydrogen-bond donors (Lipinski definition) is 1. The van der Waals surface area contributed by atoms with Gasteiger partial charge in [-0.25, -0.2) is 0 Å². The van der Waals surface area contributed by atoms with Gasteiger partial charge in [-0.3, -0.25) is 4.79 Å². The lowest BCUT2D eigenvalue weighted by molar-refractivity contribution is -0.116. The Labute approximate surface area is 145 Å². The molecule has 2 aromatic carbocycles. The van der Waals surface area contributed by atoms with E-state index in [4.69, 9.17) is 9.68 Å². The molecule has 0 bridgehead atoms. The van der Waals surface area contributed by atoms with E-state index in [0.29, 0.717) is 23.0 Å². The number of hydrogen-bond acceptors (Lipinski definition) is 5. The van der Waals surface area contributed by atoms with Crippen molar-refractivity contribution >= 4 is 11.6 Å². The predicted molar refractivity (Wildman–Crippen MR) is 91.7 cm³/mol. The Balaban J connectivity index is 1.77. The van der Waals surface area contributed by atoms with Crippen LogP contribution in [0, 0.1) is 18.3 Å². The van der Waals surface area contributed by atoms with E-state index < -0.39 is 0 Å². The molecule has 1 unspecified atom stereocenters. The molecule has 124 valence electrons. The lowest BCUT2D eigenvalue weighted by atomic mass is 9.95. The summed E-state index contributed by atoms with van der Waals surface area (Å²) in [7, 11) is 0. The summed E-state index contributed by atoms with van der Waals surface area (Å²) in [5.74, 6) is 0.386. The van der Waals surface area contributed by atoms with Crippen molar-refractivity contribution in [3.8, 4) is 6.07 Å². The van der Waals surface area contributed by atoms with E-state index in [1.54, 1.807) is 31.2 Å². The number of benzene rings is 2. The van der Waals surface area contributed by atoms with Crippen LogP contribution in [0.5, 0.6) is 0 Å². The third-order valence-electron chi connectivity index (χ3n) is 3.73. The van der Waals surface area contributed by atoms with Crippen LogP contribution in [0.4, 0.5) is 5.69 Å². The van der Waals surface area contributed by atoms with Crippen molar-refractivity contribution in [2.24, 2.45) is 0 Å². The first-order valence-corrected chi connectivity index (χ1v) is 7.80. The van der Waals surface area contributed by atoms with E-state index >= 15 is 0 Å². The quantitative estimate of drug-likeness (QED) is 0.773. The Kier molecular flexibility index (Phi) is 4.86. The molecule has 25 heavy (non-hydrogen) atoms. The molecule has 3 rings (SSSR count). The summed E-state index contributed by atoms with van der Waals surface area (Å²) in [5, 5.41) is 19.6. The van der Waals surface area contributed by atoms with Gasteiger partial charge in [0.05, 0.1) is 17.6 Å². The van der Waals surface area contributed by atoms with Crippen LogP contribution in [0.15, 0.2) is 59.0 Å². The summed E-state index contributed by atoms with van der Waals surface area (Å²) in [6.45, 7) is 1.72. The van der Waals surface area contributed by atoms with E-state index in [1.807, 2.05) is 36.4 Å². The Morgan fingerprint density at radius 1 is 1.16 bits per heavy atom. The van der Waals surface area contributed by atoms with Gasteiger partial charge in [-0.05, 0) is 29.8 Å². The van der Waals surface area contributed by atoms with Crippen LogP contribution >= 0.6 is 0 Å². The number of aromatic nitrogens is 2. The summed E-state index contributed by atoms with van der Waals surface area (Å²) in [6.07, 6.45) is 0.172. The number of aryl methyl sites for hydroxylation is 1. The highest BCUT2D eigenvalue weighted by Gasteiger charge is 2.23. The molecule has 0 aliphatic heterocycles. The van der Waals surface area contributed by atoms with Crippen LogP contribution in [0.2, 0.25) is 0 Å². The third kappa shape index (κ3) is 4.09. The van der Waals surface area contributed by atoms with E-state index in [2.05, 4.69) is 15.5 Å². The van der Waals surface area contributed by atoms with Gasteiger partial charge in [0, 0.05) is 19.0 Å². The molecule has 1 aromatic heterocycles. The molecule has 0 aliphatic carbocycles. The van der Waals surface area contributed by atoms with Crippen LogP contribution in [0.3, 0.4) is 0 Å². The minimum Gasteiger partial charge on any atom is -0.425 e. The highest BCUT2D eigenvalue weighted by Crippen LogP contribution is 2.27. The van der Waals surface area contributed by atoms with E-state index in [1.165, 1.54) is 0 Å². The molecule has 6 nitrogen and oxygen atoms in total. The van der Waals surface area contributed by atoms with Crippen LogP contribution in [0.25, 0.3) is 0 Å². The van der Waals surface area contributed by atoms with Crippen molar-refractivity contribution in [1.82, 2.24) is 10.2 Å². The molecule has 1 N–H and O–H groups in total. The maximum absolute atomic E-state index is 12.5. The van der Waals surface area contributed by atoms with E-state index in [0.717, 1.165) is 5.56 Å². The van der Waals surface area contributed by atoms with Crippen LogP contribution < -0.4 is 5.32 Å². The number of carbonyl (C=O) groups is 1. The van der Waals surface area contributed by atoms with Gasteiger partial charge in [0.1, 0.15) is 0 Å². The molecule has 0 radical (unpaired) electrons. The molecule has 1 amide bonds. The summed E-state index contributed by atoms with van der Waals surface area (Å²) in [5.41, 5.74) is 2.11. The predicted octanol–water partition coefficient (Wildman–Crippen LogP) is 3.41. The summed E-state index contributed by atoms with van der Waals surface area (Å²) in [4.78, 5) is 12.5. The second kappa shape index (κ2) is 7.41. The average Bonchev–Trinajstić information content (AvgIpc) is 3.07. The fraction of sp³-hybridized carbons (Fsp3) is 0.158. The van der Waals surface area contributed by atoms with Crippen molar-refractivity contribution in [3.05, 3.63) is 77.5 Å². The molecule has 6 heteroatoms. The Morgan fingerprint density at radius 3 is 2.48 bits per heavy atom. The number of anilines is 1. The molecule has 0 saturated heterocycles. The van der Waals surface area contributed by atoms with Crippen molar-refractivity contribution in [2.75, 3.05) is 5.32 Å². The summed E-state index contributed by atoms with van der Waals surface area (Å²) in [6, 6.07) is 18.3. The lowest BCUT2D eigenvalue weighted by Gasteiger charge is -2.13. The lowest BCUT2D eigenvalue weighted by Crippen LogP contribution is -2.16. The van der Waals surface area contributed by atoms with Crippen molar-refractivity contribution in [2.45, 2.75) is 19.3 Å². The zero-order valence-corrected chi connectivity index (χ0v) is 13.6. The molecular formula is C19H16N4O2. The van der Waals surface area contributed by atoms with Crippen LogP contribution in [-0.2, 0) is 4.79 Å². The van der Waals surface area contributed by atoms with Gasteiger partial charge in [0.2, 0.25) is 17.7 Å². The van der Waals surface area contributed by atoms with Gasteiger partial charge in [-0.2, -0.15) is 5.26 Å². The van der Waals surface area contributed by atoms with Gasteiger partial charge < -0.3 is 9.73 Å². The second-order valence-electron chi connectivity index (χ2n) is 5.56. The molecule has 0 spiro atoms. The van der Waals surface area contributed by atoms with Crippen LogP contribution in [0.1, 0.15) is 35.2 Å². The molecule has 0 aliphatic rings. The van der Waals surface area contributed by atoms with E-state index in [-0.39, 0.29) is 18.2 Å². The van der Waals surface area contributed by atoms with Crippen molar-refractivity contribution in [1.29, 1.82) is 5.26 Å². The molecule has 3 aromatic rings. The maximum Gasteiger partial charge on any atom is 0.225 e. The minimum absolute atomic E-state index is 0.172. The number of nitrogens with zero attached hydrogens (tertiary/aromatic N) is 3. The average molecular weight is 332 g/mol. The number of carbonyl (C=O) groups excluding carboxylic acids is 1. The maximum atomic E-state index is 12.5. The zero-order chi connectivity index (χ0) is 17.6. The first kappa shape index (κ1) is 16.4. The Bertz CT molecular complexity index is 895. The van der Waals surface area contributed by atoms with E-state index in [9.17, 15) is 4.79 Å². The first-order valence-electron chi connectivity index (χ1n) is 7.80. The topological polar surface area (TPSA) is 91.8 Å². The van der Waals surface area contributed by atoms with Gasteiger partial charge in [-0.1, -0.05) is 30.3 Å². The van der Waals surface area contributed by atoms with Gasteiger partial charge in [0.15, 0.2) is 0 Å². The second-order valence-corrected chi connectivity index (χ2v) is 5.56. The summed E-state index contributed by atoms with van der Waals surface area (Å²) < 4.78 is 5.54. The third-order valence-corrected chi connectivity index (χ3v) is 3.73. The first-order chi connectivity index (χ1) is 12.2. The Morgan fingerprint density at radius 2 is 1.88 bits per heavy atom.